The lowest BCUT2D eigenvalue weighted by atomic mass is 9.93. The molecular formula is C13H23N3O. The Hall–Kier alpha value is -1.08. The smallest absolute Gasteiger partial charge is 0.220 e. The van der Waals surface area contributed by atoms with Gasteiger partial charge in [0.25, 0.3) is 0 Å². The largest absolute Gasteiger partial charge is 0.352 e. The quantitative estimate of drug-likeness (QED) is 0.737. The number of nitriles is 1. The number of rotatable bonds is 6. The van der Waals surface area contributed by atoms with Crippen molar-refractivity contribution in [2.45, 2.75) is 51.5 Å². The fraction of sp³-hybridized carbons (Fsp3) is 0.846. The van der Waals surface area contributed by atoms with E-state index in [-0.39, 0.29) is 11.9 Å². The zero-order valence-corrected chi connectivity index (χ0v) is 10.7. The van der Waals surface area contributed by atoms with Crippen LogP contribution in [0.4, 0.5) is 0 Å². The molecule has 0 radical (unpaired) electrons. The van der Waals surface area contributed by atoms with E-state index in [4.69, 9.17) is 5.26 Å². The van der Waals surface area contributed by atoms with Crippen LogP contribution in [0.2, 0.25) is 0 Å². The lowest BCUT2D eigenvalue weighted by Crippen LogP contribution is -2.34. The third kappa shape index (κ3) is 5.69. The van der Waals surface area contributed by atoms with Crippen LogP contribution in [0.1, 0.15) is 45.4 Å². The molecule has 1 amide bonds. The van der Waals surface area contributed by atoms with Crippen LogP contribution in [-0.2, 0) is 4.79 Å². The maximum absolute atomic E-state index is 11.7. The Morgan fingerprint density at radius 1 is 1.53 bits per heavy atom. The SMILES string of the molecule is CCC(CC#N)NC(=O)CCC1CCNCC1. The van der Waals surface area contributed by atoms with Crippen LogP contribution >= 0.6 is 0 Å². The Morgan fingerprint density at radius 2 is 2.24 bits per heavy atom. The molecule has 2 N–H and O–H groups in total. The third-order valence-corrected chi connectivity index (χ3v) is 3.43. The van der Waals surface area contributed by atoms with Crippen molar-refractivity contribution < 1.29 is 4.79 Å². The highest BCUT2D eigenvalue weighted by Gasteiger charge is 2.15. The van der Waals surface area contributed by atoms with Crippen molar-refractivity contribution in [1.29, 1.82) is 5.26 Å². The Morgan fingerprint density at radius 3 is 2.82 bits per heavy atom. The van der Waals surface area contributed by atoms with Crippen molar-refractivity contribution in [1.82, 2.24) is 10.6 Å². The van der Waals surface area contributed by atoms with Crippen LogP contribution < -0.4 is 10.6 Å². The Balaban J connectivity index is 2.17. The predicted octanol–water partition coefficient (Wildman–Crippen LogP) is 1.57. The molecule has 1 aliphatic heterocycles. The molecule has 0 spiro atoms. The van der Waals surface area contributed by atoms with E-state index in [0.717, 1.165) is 25.9 Å². The predicted molar refractivity (Wildman–Crippen MR) is 67.3 cm³/mol. The zero-order valence-electron chi connectivity index (χ0n) is 10.7. The van der Waals surface area contributed by atoms with E-state index < -0.39 is 0 Å². The van der Waals surface area contributed by atoms with Gasteiger partial charge in [0, 0.05) is 12.5 Å². The fourth-order valence-corrected chi connectivity index (χ4v) is 2.21. The summed E-state index contributed by atoms with van der Waals surface area (Å²) in [6, 6.07) is 2.13. The van der Waals surface area contributed by atoms with Gasteiger partial charge in [0.15, 0.2) is 0 Å². The van der Waals surface area contributed by atoms with Gasteiger partial charge in [0.05, 0.1) is 12.5 Å². The summed E-state index contributed by atoms with van der Waals surface area (Å²) in [5.41, 5.74) is 0. The molecule has 1 unspecified atom stereocenters. The number of carbonyl (C=O) groups excluding carboxylic acids is 1. The number of nitrogens with one attached hydrogen (secondary N) is 2. The van der Waals surface area contributed by atoms with E-state index in [1.165, 1.54) is 12.8 Å². The molecule has 0 aromatic rings. The second kappa shape index (κ2) is 8.08. The average Bonchev–Trinajstić information content (AvgIpc) is 2.37. The molecule has 0 aromatic carbocycles. The van der Waals surface area contributed by atoms with Crippen molar-refractivity contribution in [2.24, 2.45) is 5.92 Å². The second-order valence-electron chi connectivity index (χ2n) is 4.77. The minimum absolute atomic E-state index is 0.0283. The van der Waals surface area contributed by atoms with Crippen molar-refractivity contribution in [3.63, 3.8) is 0 Å². The van der Waals surface area contributed by atoms with Crippen LogP contribution in [0.25, 0.3) is 0 Å². The number of amides is 1. The standard InChI is InChI=1S/C13H23N3O/c1-2-12(5-8-14)16-13(17)4-3-11-6-9-15-10-7-11/h11-12,15H,2-7,9-10H2,1H3,(H,16,17). The van der Waals surface area contributed by atoms with E-state index in [1.54, 1.807) is 0 Å². The van der Waals surface area contributed by atoms with Gasteiger partial charge in [0.1, 0.15) is 0 Å². The van der Waals surface area contributed by atoms with Crippen LogP contribution in [0.15, 0.2) is 0 Å². The summed E-state index contributed by atoms with van der Waals surface area (Å²) in [7, 11) is 0. The van der Waals surface area contributed by atoms with Gasteiger partial charge in [-0.25, -0.2) is 0 Å². The van der Waals surface area contributed by atoms with E-state index in [2.05, 4.69) is 16.7 Å². The van der Waals surface area contributed by atoms with Crippen molar-refractivity contribution in [3.05, 3.63) is 0 Å². The highest BCUT2D eigenvalue weighted by molar-refractivity contribution is 5.76. The van der Waals surface area contributed by atoms with Crippen molar-refractivity contribution in [3.8, 4) is 6.07 Å². The van der Waals surface area contributed by atoms with E-state index >= 15 is 0 Å². The molecule has 0 bridgehead atoms. The van der Waals surface area contributed by atoms with E-state index in [9.17, 15) is 4.79 Å². The van der Waals surface area contributed by atoms with Gasteiger partial charge in [-0.15, -0.1) is 0 Å². The molecule has 1 saturated heterocycles. The monoisotopic (exact) mass is 237 g/mol. The summed E-state index contributed by atoms with van der Waals surface area (Å²) in [5.74, 6) is 0.795. The Bertz CT molecular complexity index is 266. The Kier molecular flexibility index (Phi) is 6.64. The summed E-state index contributed by atoms with van der Waals surface area (Å²) < 4.78 is 0. The highest BCUT2D eigenvalue weighted by Crippen LogP contribution is 2.17. The van der Waals surface area contributed by atoms with E-state index in [0.29, 0.717) is 18.8 Å². The van der Waals surface area contributed by atoms with Gasteiger partial charge < -0.3 is 10.6 Å². The van der Waals surface area contributed by atoms with Crippen molar-refractivity contribution >= 4 is 5.91 Å². The molecule has 1 rings (SSSR count). The molecule has 17 heavy (non-hydrogen) atoms. The van der Waals surface area contributed by atoms with Gasteiger partial charge in [-0.3, -0.25) is 4.79 Å². The van der Waals surface area contributed by atoms with Crippen molar-refractivity contribution in [2.75, 3.05) is 13.1 Å². The van der Waals surface area contributed by atoms with Gasteiger partial charge in [0.2, 0.25) is 5.91 Å². The summed E-state index contributed by atoms with van der Waals surface area (Å²) in [4.78, 5) is 11.7. The number of carbonyl (C=O) groups is 1. The summed E-state index contributed by atoms with van der Waals surface area (Å²) in [5, 5.41) is 14.9. The first-order chi connectivity index (χ1) is 8.26. The summed E-state index contributed by atoms with van der Waals surface area (Å²) in [6.07, 6.45) is 5.19. The maximum atomic E-state index is 11.7. The molecular weight excluding hydrogens is 214 g/mol. The molecule has 4 heteroatoms. The Labute approximate surface area is 104 Å². The lowest BCUT2D eigenvalue weighted by molar-refractivity contribution is -0.122. The number of hydrogen-bond donors (Lipinski definition) is 2. The van der Waals surface area contributed by atoms with Gasteiger partial charge in [-0.2, -0.15) is 5.26 Å². The molecule has 1 fully saturated rings. The maximum Gasteiger partial charge on any atom is 0.220 e. The average molecular weight is 237 g/mol. The molecule has 0 saturated carbocycles. The number of piperidine rings is 1. The first-order valence-electron chi connectivity index (χ1n) is 6.63. The molecule has 0 aliphatic carbocycles. The molecule has 96 valence electrons. The van der Waals surface area contributed by atoms with Gasteiger partial charge in [-0.1, -0.05) is 6.92 Å². The normalized spacial score (nSPS) is 18.4. The highest BCUT2D eigenvalue weighted by atomic mass is 16.1. The minimum atomic E-state index is 0.0283. The first kappa shape index (κ1) is 14.0. The van der Waals surface area contributed by atoms with E-state index in [1.807, 2.05) is 6.92 Å². The summed E-state index contributed by atoms with van der Waals surface area (Å²) in [6.45, 7) is 4.16. The van der Waals surface area contributed by atoms with Crippen LogP contribution in [-0.4, -0.2) is 25.0 Å². The molecule has 1 atom stereocenters. The number of hydrogen-bond acceptors (Lipinski definition) is 3. The minimum Gasteiger partial charge on any atom is -0.352 e. The lowest BCUT2D eigenvalue weighted by Gasteiger charge is -2.22. The first-order valence-corrected chi connectivity index (χ1v) is 6.63. The van der Waals surface area contributed by atoms with Crippen LogP contribution in [0.3, 0.4) is 0 Å². The van der Waals surface area contributed by atoms with Gasteiger partial charge >= 0.3 is 0 Å². The van der Waals surface area contributed by atoms with Gasteiger partial charge in [-0.05, 0) is 44.7 Å². The third-order valence-electron chi connectivity index (χ3n) is 3.43. The molecule has 0 aromatic heterocycles. The van der Waals surface area contributed by atoms with Crippen LogP contribution in [0.5, 0.6) is 0 Å². The summed E-state index contributed by atoms with van der Waals surface area (Å²) >= 11 is 0. The molecule has 1 heterocycles. The van der Waals surface area contributed by atoms with Crippen LogP contribution in [0, 0.1) is 17.2 Å². The topological polar surface area (TPSA) is 64.9 Å². The second-order valence-corrected chi connectivity index (χ2v) is 4.77. The molecule has 4 nitrogen and oxygen atoms in total. The molecule has 1 aliphatic rings. The zero-order chi connectivity index (χ0) is 12.5. The number of nitrogens with zero attached hydrogens (tertiary/aromatic N) is 1. The fourth-order valence-electron chi connectivity index (χ4n) is 2.21.